The largest absolute Gasteiger partial charge is 0.471 e. The summed E-state index contributed by atoms with van der Waals surface area (Å²) < 4.78 is 36.3. The lowest BCUT2D eigenvalue weighted by Gasteiger charge is -2.26. The van der Waals surface area contributed by atoms with Gasteiger partial charge in [-0.25, -0.2) is 0 Å². The van der Waals surface area contributed by atoms with Crippen LogP contribution in [0.2, 0.25) is 0 Å². The number of rotatable bonds is 2. The molecule has 0 saturated carbocycles. The molecule has 1 aliphatic rings. The van der Waals surface area contributed by atoms with Crippen molar-refractivity contribution < 1.29 is 22.8 Å². The highest BCUT2D eigenvalue weighted by Crippen LogP contribution is 2.24. The van der Waals surface area contributed by atoms with Crippen LogP contribution in [0.3, 0.4) is 0 Å². The molecule has 7 heteroatoms. The molecule has 1 saturated heterocycles. The fourth-order valence-electron chi connectivity index (χ4n) is 2.01. The van der Waals surface area contributed by atoms with Gasteiger partial charge in [0.15, 0.2) is 0 Å². The predicted molar refractivity (Wildman–Crippen MR) is 67.3 cm³/mol. The number of nitrogens with zero attached hydrogens (tertiary/aromatic N) is 1. The summed E-state index contributed by atoms with van der Waals surface area (Å²) in [6, 6.07) is 5.74. The molecule has 1 aromatic rings. The number of piperidine rings is 1. The maximum Gasteiger partial charge on any atom is 0.471 e. The molecule has 0 aromatic heterocycles. The lowest BCUT2D eigenvalue weighted by atomic mass is 10.1. The van der Waals surface area contributed by atoms with Crippen molar-refractivity contribution in [3.8, 4) is 0 Å². The quantitative estimate of drug-likeness (QED) is 0.908. The van der Waals surface area contributed by atoms with Crippen molar-refractivity contribution in [2.75, 3.05) is 16.8 Å². The first-order chi connectivity index (χ1) is 9.38. The molecular weight excluding hydrogens is 273 g/mol. The van der Waals surface area contributed by atoms with Crippen molar-refractivity contribution >= 4 is 23.2 Å². The minimum atomic E-state index is -4.92. The molecule has 1 heterocycles. The molecule has 2 amide bonds. The number of hydrogen-bond acceptors (Lipinski definition) is 2. The van der Waals surface area contributed by atoms with Crippen LogP contribution in [0.25, 0.3) is 0 Å². The standard InChI is InChI=1S/C13H13F3N2O2/c14-13(15,16)12(20)17-9-4-6-10(7-5-9)18-8-2-1-3-11(18)19/h4-7H,1-3,8H2,(H,17,20). The smallest absolute Gasteiger partial charge is 0.318 e. The van der Waals surface area contributed by atoms with Gasteiger partial charge in [0.05, 0.1) is 0 Å². The zero-order valence-corrected chi connectivity index (χ0v) is 10.5. The second-order valence-electron chi connectivity index (χ2n) is 4.50. The van der Waals surface area contributed by atoms with E-state index >= 15 is 0 Å². The Morgan fingerprint density at radius 3 is 2.35 bits per heavy atom. The predicted octanol–water partition coefficient (Wildman–Crippen LogP) is 2.70. The van der Waals surface area contributed by atoms with E-state index in [1.54, 1.807) is 10.2 Å². The van der Waals surface area contributed by atoms with Gasteiger partial charge in [0, 0.05) is 24.3 Å². The van der Waals surface area contributed by atoms with E-state index < -0.39 is 12.1 Å². The number of hydrogen-bond donors (Lipinski definition) is 1. The second-order valence-corrected chi connectivity index (χ2v) is 4.50. The number of carbonyl (C=O) groups excluding carboxylic acids is 2. The molecule has 0 aliphatic carbocycles. The average molecular weight is 286 g/mol. The first-order valence-electron chi connectivity index (χ1n) is 6.16. The number of anilines is 2. The highest BCUT2D eigenvalue weighted by atomic mass is 19.4. The van der Waals surface area contributed by atoms with E-state index in [1.807, 2.05) is 0 Å². The molecule has 0 spiro atoms. The van der Waals surface area contributed by atoms with Crippen molar-refractivity contribution in [3.63, 3.8) is 0 Å². The van der Waals surface area contributed by atoms with Gasteiger partial charge < -0.3 is 10.2 Å². The van der Waals surface area contributed by atoms with Gasteiger partial charge in [0.1, 0.15) is 0 Å². The van der Waals surface area contributed by atoms with Gasteiger partial charge in [-0.2, -0.15) is 13.2 Å². The zero-order valence-electron chi connectivity index (χ0n) is 10.5. The van der Waals surface area contributed by atoms with Crippen molar-refractivity contribution in [3.05, 3.63) is 24.3 Å². The van der Waals surface area contributed by atoms with Crippen LogP contribution in [0.1, 0.15) is 19.3 Å². The lowest BCUT2D eigenvalue weighted by molar-refractivity contribution is -0.167. The van der Waals surface area contributed by atoms with Crippen LogP contribution < -0.4 is 10.2 Å². The van der Waals surface area contributed by atoms with Gasteiger partial charge in [-0.15, -0.1) is 0 Å². The molecule has 2 rings (SSSR count). The summed E-state index contributed by atoms with van der Waals surface area (Å²) in [5.41, 5.74) is 0.667. The maximum atomic E-state index is 12.1. The van der Waals surface area contributed by atoms with E-state index in [1.165, 1.54) is 24.3 Å². The van der Waals surface area contributed by atoms with E-state index in [-0.39, 0.29) is 11.6 Å². The minimum Gasteiger partial charge on any atom is -0.318 e. The molecule has 0 bridgehead atoms. The number of alkyl halides is 3. The van der Waals surface area contributed by atoms with Gasteiger partial charge in [0.2, 0.25) is 5.91 Å². The monoisotopic (exact) mass is 286 g/mol. The Kier molecular flexibility index (Phi) is 3.96. The first-order valence-corrected chi connectivity index (χ1v) is 6.16. The summed E-state index contributed by atoms with van der Waals surface area (Å²) in [6.07, 6.45) is -2.68. The van der Waals surface area contributed by atoms with E-state index in [4.69, 9.17) is 0 Å². The number of halogens is 3. The van der Waals surface area contributed by atoms with Crippen LogP contribution >= 0.6 is 0 Å². The lowest BCUT2D eigenvalue weighted by Crippen LogP contribution is -2.35. The third-order valence-corrected chi connectivity index (χ3v) is 3.02. The SMILES string of the molecule is O=C1CCCCN1c1ccc(NC(=O)C(F)(F)F)cc1. The average Bonchev–Trinajstić information content (AvgIpc) is 2.39. The van der Waals surface area contributed by atoms with Crippen molar-refractivity contribution in [1.29, 1.82) is 0 Å². The summed E-state index contributed by atoms with van der Waals surface area (Å²) in [4.78, 5) is 24.1. The molecule has 0 unspecified atom stereocenters. The van der Waals surface area contributed by atoms with Gasteiger partial charge >= 0.3 is 12.1 Å². The van der Waals surface area contributed by atoms with Crippen LogP contribution in [-0.4, -0.2) is 24.5 Å². The topological polar surface area (TPSA) is 49.4 Å². The fourth-order valence-corrected chi connectivity index (χ4v) is 2.01. The number of carbonyl (C=O) groups is 2. The molecule has 1 fully saturated rings. The van der Waals surface area contributed by atoms with Gasteiger partial charge in [-0.3, -0.25) is 9.59 Å². The Labute approximate surface area is 113 Å². The fraction of sp³-hybridized carbons (Fsp3) is 0.385. The Bertz CT molecular complexity index is 511. The number of amides is 2. The molecule has 1 N–H and O–H groups in total. The van der Waals surface area contributed by atoms with Gasteiger partial charge in [-0.05, 0) is 37.1 Å². The zero-order chi connectivity index (χ0) is 14.8. The Morgan fingerprint density at radius 1 is 1.15 bits per heavy atom. The summed E-state index contributed by atoms with van der Waals surface area (Å²) in [7, 11) is 0. The molecule has 20 heavy (non-hydrogen) atoms. The van der Waals surface area contributed by atoms with Gasteiger partial charge in [0.25, 0.3) is 0 Å². The Balaban J connectivity index is 2.06. The third-order valence-electron chi connectivity index (χ3n) is 3.02. The molecule has 1 aromatic carbocycles. The van der Waals surface area contributed by atoms with Gasteiger partial charge in [-0.1, -0.05) is 0 Å². The first kappa shape index (κ1) is 14.4. The Hall–Kier alpha value is -2.05. The van der Waals surface area contributed by atoms with E-state index in [0.29, 0.717) is 18.7 Å². The van der Waals surface area contributed by atoms with Crippen LogP contribution in [0, 0.1) is 0 Å². The highest BCUT2D eigenvalue weighted by Gasteiger charge is 2.38. The number of benzene rings is 1. The van der Waals surface area contributed by atoms with Crippen LogP contribution in [-0.2, 0) is 9.59 Å². The molecule has 0 radical (unpaired) electrons. The summed E-state index contributed by atoms with van der Waals surface area (Å²) in [6.45, 7) is 0.604. The molecule has 1 aliphatic heterocycles. The highest BCUT2D eigenvalue weighted by molar-refractivity contribution is 5.96. The minimum absolute atomic E-state index is 0.00308. The van der Waals surface area contributed by atoms with E-state index in [2.05, 4.69) is 0 Å². The van der Waals surface area contributed by atoms with Crippen molar-refractivity contribution in [1.82, 2.24) is 0 Å². The number of nitrogens with one attached hydrogen (secondary N) is 1. The van der Waals surface area contributed by atoms with Crippen LogP contribution in [0.15, 0.2) is 24.3 Å². The van der Waals surface area contributed by atoms with Crippen molar-refractivity contribution in [2.24, 2.45) is 0 Å². The summed E-state index contributed by atoms with van der Waals surface area (Å²) in [5, 5.41) is 1.76. The molecule has 0 atom stereocenters. The van der Waals surface area contributed by atoms with Crippen molar-refractivity contribution in [2.45, 2.75) is 25.4 Å². The maximum absolute atomic E-state index is 12.1. The summed E-state index contributed by atoms with van der Waals surface area (Å²) >= 11 is 0. The molecular formula is C13H13F3N2O2. The summed E-state index contributed by atoms with van der Waals surface area (Å²) in [5.74, 6) is -2.01. The van der Waals surface area contributed by atoms with E-state index in [9.17, 15) is 22.8 Å². The van der Waals surface area contributed by atoms with E-state index in [0.717, 1.165) is 12.8 Å². The second kappa shape index (κ2) is 5.52. The Morgan fingerprint density at radius 2 is 1.80 bits per heavy atom. The third kappa shape index (κ3) is 3.28. The molecule has 4 nitrogen and oxygen atoms in total. The molecule has 108 valence electrons. The normalized spacial score (nSPS) is 16.1. The van der Waals surface area contributed by atoms with Crippen LogP contribution in [0.4, 0.5) is 24.5 Å². The van der Waals surface area contributed by atoms with Crippen LogP contribution in [0.5, 0.6) is 0 Å².